The number of aliphatic hydroxyl groups excluding tert-OH is 1. The maximum Gasteiger partial charge on any atom is 0.274 e. The van der Waals surface area contributed by atoms with Crippen molar-refractivity contribution in [1.82, 2.24) is 31.2 Å². The van der Waals surface area contributed by atoms with Crippen molar-refractivity contribution in [3.05, 3.63) is 53.1 Å². The van der Waals surface area contributed by atoms with Gasteiger partial charge in [-0.05, 0) is 25.0 Å². The van der Waals surface area contributed by atoms with Gasteiger partial charge in [-0.15, -0.1) is 0 Å². The summed E-state index contributed by atoms with van der Waals surface area (Å²) in [6.45, 7) is 5.77. The smallest absolute Gasteiger partial charge is 0.274 e. The van der Waals surface area contributed by atoms with Gasteiger partial charge in [0.1, 0.15) is 17.8 Å². The van der Waals surface area contributed by atoms with Gasteiger partial charge in [0.05, 0.1) is 24.1 Å². The van der Waals surface area contributed by atoms with Gasteiger partial charge in [0.2, 0.25) is 29.5 Å². The number of nitrogens with zero attached hydrogens (tertiary/aromatic N) is 2. The Balaban J connectivity index is 2.07. The number of nitrogens with one attached hydrogen (secondary N) is 4. The Morgan fingerprint density at radius 2 is 1.67 bits per heavy atom. The van der Waals surface area contributed by atoms with Crippen LogP contribution in [0.2, 0.25) is 0 Å². The number of rotatable bonds is 5. The van der Waals surface area contributed by atoms with Gasteiger partial charge in [-0.25, -0.2) is 9.37 Å². The molecular weight excluding hydrogens is 568 g/mol. The SMILES string of the molecule is CC(C)C1NC(=O)C(C)C(O)C(Cc2c(F)nc(F)c(F)c2F)NC(=O)C(NC(=O)c2ncccc2O)C(C)NC1=O. The molecule has 42 heavy (non-hydrogen) atoms. The molecule has 228 valence electrons. The summed E-state index contributed by atoms with van der Waals surface area (Å²) in [6, 6.07) is -3.24. The minimum absolute atomic E-state index is 0.468. The molecule has 3 heterocycles. The van der Waals surface area contributed by atoms with Gasteiger partial charge >= 0.3 is 0 Å². The second-order valence-corrected chi connectivity index (χ2v) is 10.2. The monoisotopic (exact) mass is 598 g/mol. The summed E-state index contributed by atoms with van der Waals surface area (Å²) in [5, 5.41) is 30.7. The van der Waals surface area contributed by atoms with Gasteiger partial charge in [-0.1, -0.05) is 20.8 Å². The molecule has 0 spiro atoms. The molecule has 16 heteroatoms. The highest BCUT2D eigenvalue weighted by atomic mass is 19.2. The van der Waals surface area contributed by atoms with Crippen molar-refractivity contribution in [3.63, 3.8) is 0 Å². The largest absolute Gasteiger partial charge is 0.505 e. The van der Waals surface area contributed by atoms with Crippen LogP contribution in [-0.2, 0) is 20.8 Å². The quantitative estimate of drug-likeness (QED) is 0.209. The first kappa shape index (κ1) is 32.2. The Bertz CT molecular complexity index is 1380. The standard InChI is InChI=1S/C26H30F4N6O6/c1-9(2)17-24(40)32-11(4)18(35-26(42)19-14(37)6-5-7-31-19)25(41)33-13(20(38)10(3)23(39)34-17)8-12-15(27)16(28)22(30)36-21(12)29/h5-7,9-11,13,17-18,20,37-38H,8H2,1-4H3,(H,32,40)(H,33,41)(H,34,39)(H,35,42). The maximum absolute atomic E-state index is 14.5. The normalized spacial score (nSPS) is 25.5. The lowest BCUT2D eigenvalue weighted by Gasteiger charge is -2.34. The molecule has 0 saturated carbocycles. The number of carbonyl (C=O) groups excluding carboxylic acids is 4. The molecule has 0 aromatic carbocycles. The van der Waals surface area contributed by atoms with Crippen LogP contribution in [0.15, 0.2) is 18.3 Å². The van der Waals surface area contributed by atoms with Crippen molar-refractivity contribution in [3.8, 4) is 5.75 Å². The number of amides is 4. The molecule has 4 amide bonds. The second-order valence-electron chi connectivity index (χ2n) is 10.2. The lowest BCUT2D eigenvalue weighted by atomic mass is 9.90. The van der Waals surface area contributed by atoms with Crippen LogP contribution in [0.5, 0.6) is 5.75 Å². The lowest BCUT2D eigenvalue weighted by Crippen LogP contribution is -2.64. The van der Waals surface area contributed by atoms with Crippen molar-refractivity contribution < 1.29 is 47.0 Å². The zero-order valence-corrected chi connectivity index (χ0v) is 22.9. The van der Waals surface area contributed by atoms with E-state index in [4.69, 9.17) is 0 Å². The third-order valence-corrected chi connectivity index (χ3v) is 6.86. The third kappa shape index (κ3) is 6.92. The summed E-state index contributed by atoms with van der Waals surface area (Å²) in [6.07, 6.45) is -1.70. The molecule has 6 N–H and O–H groups in total. The van der Waals surface area contributed by atoms with Crippen LogP contribution in [-0.4, -0.2) is 74.1 Å². The predicted octanol–water partition coefficient (Wildman–Crippen LogP) is 0.221. The van der Waals surface area contributed by atoms with Crippen molar-refractivity contribution in [2.45, 2.75) is 64.4 Å². The molecule has 1 aliphatic rings. The Hall–Kier alpha value is -4.34. The first-order chi connectivity index (χ1) is 19.6. The van der Waals surface area contributed by atoms with Crippen LogP contribution in [0.25, 0.3) is 0 Å². The molecule has 3 rings (SSSR count). The van der Waals surface area contributed by atoms with Crippen LogP contribution in [0.4, 0.5) is 17.6 Å². The zero-order chi connectivity index (χ0) is 31.5. The molecule has 2 aromatic heterocycles. The Labute approximate surface area is 237 Å². The number of hydrogen-bond acceptors (Lipinski definition) is 8. The van der Waals surface area contributed by atoms with Crippen molar-refractivity contribution in [1.29, 1.82) is 0 Å². The lowest BCUT2D eigenvalue weighted by molar-refractivity contribution is -0.136. The number of pyridine rings is 2. The van der Waals surface area contributed by atoms with Crippen LogP contribution in [0.3, 0.4) is 0 Å². The minimum Gasteiger partial charge on any atom is -0.505 e. The van der Waals surface area contributed by atoms with Gasteiger partial charge in [-0.2, -0.15) is 18.2 Å². The van der Waals surface area contributed by atoms with Crippen molar-refractivity contribution >= 4 is 23.6 Å². The molecule has 2 aromatic rings. The highest BCUT2D eigenvalue weighted by Gasteiger charge is 2.39. The number of aromatic hydroxyl groups is 1. The highest BCUT2D eigenvalue weighted by molar-refractivity contribution is 5.98. The Kier molecular flexibility index (Phi) is 10.0. The topological polar surface area (TPSA) is 183 Å². The molecule has 6 atom stereocenters. The Morgan fingerprint density at radius 3 is 2.29 bits per heavy atom. The van der Waals surface area contributed by atoms with E-state index in [1.54, 1.807) is 13.8 Å². The average Bonchev–Trinajstić information content (AvgIpc) is 2.93. The van der Waals surface area contributed by atoms with E-state index in [1.807, 2.05) is 0 Å². The number of hydrogen-bond donors (Lipinski definition) is 6. The summed E-state index contributed by atoms with van der Waals surface area (Å²) in [5.74, 6) is -14.0. The first-order valence-corrected chi connectivity index (χ1v) is 12.9. The summed E-state index contributed by atoms with van der Waals surface area (Å²) >= 11 is 0. The predicted molar refractivity (Wildman–Crippen MR) is 136 cm³/mol. The van der Waals surface area contributed by atoms with E-state index in [2.05, 4.69) is 31.2 Å². The van der Waals surface area contributed by atoms with Crippen LogP contribution in [0, 0.1) is 35.4 Å². The number of halogens is 4. The first-order valence-electron chi connectivity index (χ1n) is 12.9. The van der Waals surface area contributed by atoms with E-state index in [0.717, 1.165) is 6.07 Å². The van der Waals surface area contributed by atoms with E-state index in [-0.39, 0.29) is 0 Å². The number of carbonyl (C=O) groups is 4. The molecule has 6 unspecified atom stereocenters. The van der Waals surface area contributed by atoms with Crippen molar-refractivity contribution in [2.24, 2.45) is 11.8 Å². The van der Waals surface area contributed by atoms with E-state index in [0.29, 0.717) is 0 Å². The summed E-state index contributed by atoms with van der Waals surface area (Å²) < 4.78 is 56.3. The van der Waals surface area contributed by atoms with Gasteiger partial charge in [0.15, 0.2) is 11.5 Å². The molecule has 1 aliphatic heterocycles. The molecular formula is C26H30F4N6O6. The molecule has 12 nitrogen and oxygen atoms in total. The third-order valence-electron chi connectivity index (χ3n) is 6.86. The minimum atomic E-state index is -2.09. The fourth-order valence-electron chi connectivity index (χ4n) is 4.36. The summed E-state index contributed by atoms with van der Waals surface area (Å²) in [7, 11) is 0. The molecule has 1 saturated heterocycles. The van der Waals surface area contributed by atoms with E-state index in [1.165, 1.54) is 26.1 Å². The van der Waals surface area contributed by atoms with Gasteiger partial charge in [0.25, 0.3) is 11.9 Å². The van der Waals surface area contributed by atoms with E-state index >= 15 is 0 Å². The number of aliphatic hydroxyl groups is 1. The molecule has 0 radical (unpaired) electrons. The highest BCUT2D eigenvalue weighted by Crippen LogP contribution is 2.22. The average molecular weight is 599 g/mol. The molecule has 0 aliphatic carbocycles. The fourth-order valence-corrected chi connectivity index (χ4v) is 4.36. The van der Waals surface area contributed by atoms with Crippen LogP contribution >= 0.6 is 0 Å². The van der Waals surface area contributed by atoms with E-state index < -0.39 is 113 Å². The zero-order valence-electron chi connectivity index (χ0n) is 22.9. The van der Waals surface area contributed by atoms with Crippen LogP contribution in [0.1, 0.15) is 43.7 Å². The van der Waals surface area contributed by atoms with Gasteiger partial charge in [0, 0.05) is 18.2 Å². The Morgan fingerprint density at radius 1 is 1.00 bits per heavy atom. The fraction of sp³-hybridized carbons (Fsp3) is 0.462. The summed E-state index contributed by atoms with van der Waals surface area (Å²) in [5.41, 5.74) is -1.59. The van der Waals surface area contributed by atoms with Gasteiger partial charge < -0.3 is 31.5 Å². The van der Waals surface area contributed by atoms with Crippen molar-refractivity contribution in [2.75, 3.05) is 0 Å². The molecule has 1 fully saturated rings. The molecule has 0 bridgehead atoms. The second kappa shape index (κ2) is 13.1. The number of aromatic nitrogens is 2. The maximum atomic E-state index is 14.5. The van der Waals surface area contributed by atoms with Crippen LogP contribution < -0.4 is 21.3 Å². The summed E-state index contributed by atoms with van der Waals surface area (Å²) in [4.78, 5) is 58.9. The van der Waals surface area contributed by atoms with E-state index in [9.17, 15) is 47.0 Å². The van der Waals surface area contributed by atoms with Gasteiger partial charge in [-0.3, -0.25) is 19.2 Å².